The molecule has 8 aromatic carbocycles. The molecule has 13 rings (SSSR count). The van der Waals surface area contributed by atoms with E-state index in [1.807, 2.05) is 6.07 Å². The Labute approximate surface area is 449 Å². The molecule has 378 valence electrons. The normalized spacial score (nSPS) is 15.9. The van der Waals surface area contributed by atoms with Gasteiger partial charge in [0.2, 0.25) is 6.79 Å². The van der Waals surface area contributed by atoms with E-state index in [0.29, 0.717) is 0 Å². The first kappa shape index (κ1) is 48.0. The molecule has 1 aromatic heterocycles. The number of nitrogens with zero attached hydrogens (tertiary/aromatic N) is 2. The van der Waals surface area contributed by atoms with Gasteiger partial charge in [0, 0.05) is 27.8 Å². The second kappa shape index (κ2) is 17.2. The van der Waals surface area contributed by atoms with Gasteiger partial charge in [0.15, 0.2) is 11.5 Å². The topological polar surface area (TPSA) is 38.1 Å². The highest BCUT2D eigenvalue weighted by Gasteiger charge is 2.47. The maximum absolute atomic E-state index is 6.59. The lowest BCUT2D eigenvalue weighted by Crippen LogP contribution is -2.62. The average molecular weight is 995 g/mol. The summed E-state index contributed by atoms with van der Waals surface area (Å²) >= 11 is 0. The molecule has 76 heavy (non-hydrogen) atoms. The molecule has 5 nitrogen and oxygen atoms in total. The van der Waals surface area contributed by atoms with Gasteiger partial charge in [-0.2, -0.15) is 0 Å². The molecule has 3 aliphatic heterocycles. The molecule has 0 saturated carbocycles. The van der Waals surface area contributed by atoms with Crippen LogP contribution >= 0.6 is 0 Å². The summed E-state index contributed by atoms with van der Waals surface area (Å²) in [4.78, 5) is 5.24. The van der Waals surface area contributed by atoms with Crippen LogP contribution < -0.4 is 35.7 Å². The van der Waals surface area contributed by atoms with E-state index in [9.17, 15) is 0 Å². The zero-order valence-electron chi connectivity index (χ0n) is 46.2. The molecule has 0 saturated heterocycles. The van der Waals surface area contributed by atoms with E-state index in [2.05, 4.69) is 245 Å². The van der Waals surface area contributed by atoms with Crippen LogP contribution in [0, 0.1) is 20.8 Å². The number of furan rings is 1. The van der Waals surface area contributed by atoms with Gasteiger partial charge in [-0.05, 0) is 169 Å². The Hall–Kier alpha value is -7.70. The minimum atomic E-state index is -0.101. The van der Waals surface area contributed by atoms with Crippen LogP contribution in [0.4, 0.5) is 28.4 Å². The highest BCUT2D eigenvalue weighted by molar-refractivity contribution is 7.00. The molecule has 6 heteroatoms. The summed E-state index contributed by atoms with van der Waals surface area (Å²) in [6.45, 7) is 27.6. The first-order valence-corrected chi connectivity index (χ1v) is 27.3. The second-order valence-electron chi connectivity index (χ2n) is 25.1. The van der Waals surface area contributed by atoms with E-state index in [0.717, 1.165) is 56.7 Å². The van der Waals surface area contributed by atoms with E-state index in [1.54, 1.807) is 0 Å². The summed E-state index contributed by atoms with van der Waals surface area (Å²) in [6.07, 6.45) is 5.82. The van der Waals surface area contributed by atoms with E-state index in [4.69, 9.17) is 13.9 Å². The van der Waals surface area contributed by atoms with Crippen LogP contribution in [0.5, 0.6) is 11.5 Å². The molecule has 0 amide bonds. The van der Waals surface area contributed by atoms with Crippen molar-refractivity contribution in [2.24, 2.45) is 0 Å². The smallest absolute Gasteiger partial charge is 0.252 e. The van der Waals surface area contributed by atoms with E-state index in [-0.39, 0.29) is 35.8 Å². The number of hydrogen-bond acceptors (Lipinski definition) is 5. The third-order valence-electron chi connectivity index (χ3n) is 16.7. The van der Waals surface area contributed by atoms with Crippen LogP contribution in [0.3, 0.4) is 0 Å². The van der Waals surface area contributed by atoms with Crippen molar-refractivity contribution >= 4 is 84.6 Å². The minimum absolute atomic E-state index is 0.0105. The van der Waals surface area contributed by atoms with Crippen molar-refractivity contribution in [2.75, 3.05) is 16.6 Å². The Morgan fingerprint density at radius 2 is 1.12 bits per heavy atom. The van der Waals surface area contributed by atoms with Gasteiger partial charge in [0.25, 0.3) is 6.71 Å². The summed E-state index contributed by atoms with van der Waals surface area (Å²) in [5.41, 5.74) is 26.4. The van der Waals surface area contributed by atoms with E-state index < -0.39 is 0 Å². The van der Waals surface area contributed by atoms with E-state index >= 15 is 0 Å². The van der Waals surface area contributed by atoms with Crippen LogP contribution in [0.15, 0.2) is 162 Å². The Bertz CT molecular complexity index is 3900. The van der Waals surface area contributed by atoms with Gasteiger partial charge in [0.05, 0.1) is 17.4 Å². The zero-order valence-corrected chi connectivity index (χ0v) is 46.2. The Morgan fingerprint density at radius 1 is 0.513 bits per heavy atom. The van der Waals surface area contributed by atoms with Gasteiger partial charge in [0.1, 0.15) is 11.2 Å². The Morgan fingerprint density at radius 3 is 1.82 bits per heavy atom. The van der Waals surface area contributed by atoms with Crippen molar-refractivity contribution < 1.29 is 13.9 Å². The number of para-hydroxylation sites is 1. The Balaban J connectivity index is 1.07. The van der Waals surface area contributed by atoms with Crippen LogP contribution in [0.25, 0.3) is 44.2 Å². The lowest BCUT2D eigenvalue weighted by atomic mass is 9.33. The number of hydrogen-bond donors (Lipinski definition) is 0. The summed E-state index contributed by atoms with van der Waals surface area (Å²) in [5.74, 6) is 1.58. The van der Waals surface area contributed by atoms with Gasteiger partial charge in [-0.25, -0.2) is 0 Å². The summed E-state index contributed by atoms with van der Waals surface area (Å²) in [6, 6.07) is 55.0. The third kappa shape index (κ3) is 7.81. The minimum Gasteiger partial charge on any atom is -0.456 e. The van der Waals surface area contributed by atoms with Crippen LogP contribution in [0.1, 0.15) is 113 Å². The quantitative estimate of drug-likeness (QED) is 0.161. The summed E-state index contributed by atoms with van der Waals surface area (Å²) in [5, 5.41) is 2.26. The monoisotopic (exact) mass is 995 g/mol. The largest absolute Gasteiger partial charge is 0.456 e. The number of aryl methyl sites for hydroxylation is 3. The fraction of sp³-hybridized carbons (Fsp3) is 0.257. The third-order valence-corrected chi connectivity index (χ3v) is 16.7. The summed E-state index contributed by atoms with van der Waals surface area (Å²) in [7, 11) is 0. The number of rotatable bonds is 5. The average Bonchev–Trinajstić information content (AvgIpc) is 4.11. The van der Waals surface area contributed by atoms with Crippen molar-refractivity contribution in [3.63, 3.8) is 0 Å². The molecule has 1 aliphatic carbocycles. The molecule has 4 heterocycles. The molecule has 4 aliphatic rings. The van der Waals surface area contributed by atoms with Crippen molar-refractivity contribution in [3.8, 4) is 22.6 Å². The molecular weight excluding hydrogens is 928 g/mol. The number of anilines is 5. The molecule has 1 atom stereocenters. The maximum Gasteiger partial charge on any atom is 0.252 e. The Kier molecular flexibility index (Phi) is 10.8. The molecule has 0 spiro atoms. The van der Waals surface area contributed by atoms with Gasteiger partial charge in [-0.1, -0.05) is 178 Å². The highest BCUT2D eigenvalue weighted by Crippen LogP contribution is 2.52. The standard InChI is InChI=1S/C70H67BN2O3/c1-41-31-59-64-60(32-41)73(65-42(2)33-52(34-43(65)3)70(10,11)12)66-57(29-30-62-67(66)75-40-74-62)71(64)56-28-22-46(47-21-27-55-54-15-13-14-16-61(54)76-63(55)39-47)38-58(56)72(59)53-36-48(44-17-23-50(24-18-44)68(4,5)6)35-49(37-53)45-19-25-51(26-20-45)69(7,8)9/h13-36,38-39,53H,37,40H2,1-12H3. The molecule has 1 unspecified atom stereocenters. The van der Waals surface area contributed by atoms with Crippen LogP contribution in [0.2, 0.25) is 0 Å². The fourth-order valence-electron chi connectivity index (χ4n) is 12.7. The molecule has 0 radical (unpaired) electrons. The lowest BCUT2D eigenvalue weighted by Gasteiger charge is -2.47. The van der Waals surface area contributed by atoms with Gasteiger partial charge < -0.3 is 23.7 Å². The molecule has 9 aromatic rings. The molecule has 0 fully saturated rings. The number of fused-ring (bicyclic) bond motifs is 9. The maximum atomic E-state index is 6.59. The second-order valence-corrected chi connectivity index (χ2v) is 25.1. The zero-order chi connectivity index (χ0) is 52.7. The van der Waals surface area contributed by atoms with Crippen molar-refractivity contribution in [1.82, 2.24) is 0 Å². The predicted molar refractivity (Wildman–Crippen MR) is 321 cm³/mol. The predicted octanol–water partition coefficient (Wildman–Crippen LogP) is 16.5. The van der Waals surface area contributed by atoms with Crippen LogP contribution in [-0.2, 0) is 16.2 Å². The van der Waals surface area contributed by atoms with Crippen molar-refractivity contribution in [3.05, 3.63) is 202 Å². The number of benzene rings is 8. The SMILES string of the molecule is Cc1cc2c3c(c1)N(C1C=C(c4ccc(C(C)(C)C)cc4)C=C(c4ccc(C(C)(C)C)cc4)C1)c1cc(-c4ccc5c(c4)oc4ccccc45)ccc1B3c1ccc3c(c1N2c1c(C)cc(C(C)(C)C)cc1C)OCO3. The van der Waals surface area contributed by atoms with Gasteiger partial charge in [-0.15, -0.1) is 0 Å². The highest BCUT2D eigenvalue weighted by atomic mass is 16.7. The first-order valence-electron chi connectivity index (χ1n) is 27.3. The van der Waals surface area contributed by atoms with Gasteiger partial charge >= 0.3 is 0 Å². The first-order chi connectivity index (χ1) is 36.3. The van der Waals surface area contributed by atoms with E-state index in [1.165, 1.54) is 94.8 Å². The number of allylic oxidation sites excluding steroid dienone is 2. The number of ether oxygens (including phenoxy) is 2. The van der Waals surface area contributed by atoms with Crippen molar-refractivity contribution in [2.45, 2.75) is 112 Å². The molecule has 0 bridgehead atoms. The molecular formula is C70H67BN2O3. The van der Waals surface area contributed by atoms with Gasteiger partial charge in [-0.3, -0.25) is 0 Å². The molecule has 0 N–H and O–H groups in total. The summed E-state index contributed by atoms with van der Waals surface area (Å²) < 4.78 is 19.4. The fourth-order valence-corrected chi connectivity index (χ4v) is 12.7. The van der Waals surface area contributed by atoms with Crippen LogP contribution in [-0.4, -0.2) is 19.5 Å². The van der Waals surface area contributed by atoms with Crippen molar-refractivity contribution in [1.29, 1.82) is 0 Å². The lowest BCUT2D eigenvalue weighted by molar-refractivity contribution is 0.174.